The topological polar surface area (TPSA) is 84.2 Å². The maximum Gasteiger partial charge on any atom is 0.342 e. The van der Waals surface area contributed by atoms with Crippen molar-refractivity contribution in [3.63, 3.8) is 0 Å². The van der Waals surface area contributed by atoms with Gasteiger partial charge in [-0.15, -0.1) is 0 Å². The Morgan fingerprint density at radius 1 is 1.12 bits per heavy atom. The van der Waals surface area contributed by atoms with E-state index in [0.717, 1.165) is 0 Å². The number of hydrogen-bond acceptors (Lipinski definition) is 7. The molecule has 0 amide bonds. The monoisotopic (exact) mass is 334 g/mol. The van der Waals surface area contributed by atoms with E-state index < -0.39 is 11.9 Å². The first kappa shape index (κ1) is 17.6. The second kappa shape index (κ2) is 7.65. The van der Waals surface area contributed by atoms with E-state index in [-0.39, 0.29) is 12.2 Å². The van der Waals surface area contributed by atoms with Crippen LogP contribution in [0.15, 0.2) is 22.6 Å². The summed E-state index contributed by atoms with van der Waals surface area (Å²) in [6, 6.07) is 3.37. The van der Waals surface area contributed by atoms with Gasteiger partial charge in [0.1, 0.15) is 29.3 Å². The quantitative estimate of drug-likeness (QED) is 0.593. The lowest BCUT2D eigenvalue weighted by Gasteiger charge is -2.05. The SMILES string of the molecule is COCc1oc2c(/C=C/C(=O)OC)c(OC)ccc2c1C(=O)OC. The van der Waals surface area contributed by atoms with Gasteiger partial charge >= 0.3 is 11.9 Å². The van der Waals surface area contributed by atoms with Crippen molar-refractivity contribution in [3.8, 4) is 5.75 Å². The van der Waals surface area contributed by atoms with E-state index in [4.69, 9.17) is 18.6 Å². The molecule has 0 aliphatic rings. The van der Waals surface area contributed by atoms with Crippen LogP contribution >= 0.6 is 0 Å². The number of carbonyl (C=O) groups is 2. The minimum atomic E-state index is -0.533. The molecule has 2 aromatic rings. The van der Waals surface area contributed by atoms with E-state index in [9.17, 15) is 9.59 Å². The fourth-order valence-electron chi connectivity index (χ4n) is 2.33. The van der Waals surface area contributed by atoms with Crippen LogP contribution in [0.3, 0.4) is 0 Å². The first-order valence-corrected chi connectivity index (χ1v) is 7.03. The summed E-state index contributed by atoms with van der Waals surface area (Å²) in [7, 11) is 5.56. The van der Waals surface area contributed by atoms with Crippen LogP contribution in [-0.4, -0.2) is 40.4 Å². The lowest BCUT2D eigenvalue weighted by atomic mass is 10.1. The van der Waals surface area contributed by atoms with Crippen molar-refractivity contribution in [1.29, 1.82) is 0 Å². The van der Waals surface area contributed by atoms with E-state index >= 15 is 0 Å². The first-order valence-electron chi connectivity index (χ1n) is 7.03. The zero-order chi connectivity index (χ0) is 17.7. The normalized spacial score (nSPS) is 11.0. The van der Waals surface area contributed by atoms with Crippen molar-refractivity contribution < 1.29 is 33.0 Å². The van der Waals surface area contributed by atoms with Crippen LogP contribution in [0.5, 0.6) is 5.75 Å². The number of hydrogen-bond donors (Lipinski definition) is 0. The van der Waals surface area contributed by atoms with Crippen LogP contribution in [0, 0.1) is 0 Å². The number of fused-ring (bicyclic) bond motifs is 1. The van der Waals surface area contributed by atoms with Gasteiger partial charge in [-0.3, -0.25) is 0 Å². The van der Waals surface area contributed by atoms with Crippen molar-refractivity contribution in [3.05, 3.63) is 35.1 Å². The lowest BCUT2D eigenvalue weighted by Crippen LogP contribution is -2.04. The van der Waals surface area contributed by atoms with Crippen molar-refractivity contribution in [2.24, 2.45) is 0 Å². The van der Waals surface area contributed by atoms with Crippen molar-refractivity contribution in [2.75, 3.05) is 28.4 Å². The summed E-state index contributed by atoms with van der Waals surface area (Å²) in [6.45, 7) is 0.0988. The number of rotatable bonds is 6. The summed E-state index contributed by atoms with van der Waals surface area (Å²) in [5.74, 6) is -0.239. The van der Waals surface area contributed by atoms with Crippen LogP contribution in [0.2, 0.25) is 0 Å². The molecule has 0 spiro atoms. The zero-order valence-corrected chi connectivity index (χ0v) is 13.9. The largest absolute Gasteiger partial charge is 0.496 e. The smallest absolute Gasteiger partial charge is 0.342 e. The van der Waals surface area contributed by atoms with Gasteiger partial charge in [-0.05, 0) is 18.2 Å². The van der Waals surface area contributed by atoms with Crippen LogP contribution < -0.4 is 4.74 Å². The van der Waals surface area contributed by atoms with Gasteiger partial charge in [-0.25, -0.2) is 9.59 Å². The van der Waals surface area contributed by atoms with E-state index in [0.29, 0.717) is 28.0 Å². The standard InChI is InChI=1S/C17H18O7/c1-20-9-13-15(17(19)23-4)11-5-7-12(21-2)10(16(11)24-13)6-8-14(18)22-3/h5-8H,9H2,1-4H3/b8-6+. The van der Waals surface area contributed by atoms with E-state index in [1.165, 1.54) is 40.6 Å². The molecule has 0 saturated heterocycles. The molecule has 0 radical (unpaired) electrons. The Labute approximate surface area is 138 Å². The van der Waals surface area contributed by atoms with E-state index in [2.05, 4.69) is 4.74 Å². The van der Waals surface area contributed by atoms with Crippen molar-refractivity contribution in [2.45, 2.75) is 6.61 Å². The zero-order valence-electron chi connectivity index (χ0n) is 13.9. The van der Waals surface area contributed by atoms with Gasteiger partial charge in [0.15, 0.2) is 0 Å². The second-order valence-corrected chi connectivity index (χ2v) is 4.74. The second-order valence-electron chi connectivity index (χ2n) is 4.74. The molecule has 0 fully saturated rings. The summed E-state index contributed by atoms with van der Waals surface area (Å²) >= 11 is 0. The molecule has 0 aliphatic heterocycles. The minimum Gasteiger partial charge on any atom is -0.496 e. The molecule has 7 heteroatoms. The first-order chi connectivity index (χ1) is 11.6. The summed E-state index contributed by atoms with van der Waals surface area (Å²) in [5.41, 5.74) is 1.18. The summed E-state index contributed by atoms with van der Waals surface area (Å²) < 4.78 is 25.6. The molecular weight excluding hydrogens is 316 g/mol. The lowest BCUT2D eigenvalue weighted by molar-refractivity contribution is -0.134. The Morgan fingerprint density at radius 2 is 1.88 bits per heavy atom. The van der Waals surface area contributed by atoms with Crippen molar-refractivity contribution >= 4 is 29.0 Å². The minimum absolute atomic E-state index is 0.0988. The number of benzene rings is 1. The molecule has 0 atom stereocenters. The summed E-state index contributed by atoms with van der Waals surface area (Å²) in [5, 5.41) is 0.541. The van der Waals surface area contributed by atoms with Gasteiger partial charge in [0.05, 0.1) is 26.9 Å². The highest BCUT2D eigenvalue weighted by molar-refractivity contribution is 6.07. The number of esters is 2. The molecule has 0 bridgehead atoms. The molecule has 1 heterocycles. The van der Waals surface area contributed by atoms with Crippen LogP contribution in [0.4, 0.5) is 0 Å². The molecule has 2 rings (SSSR count). The highest BCUT2D eigenvalue weighted by atomic mass is 16.5. The predicted octanol–water partition coefficient (Wildman–Crippen LogP) is 2.56. The van der Waals surface area contributed by atoms with E-state index in [1.54, 1.807) is 12.1 Å². The highest BCUT2D eigenvalue weighted by Gasteiger charge is 2.24. The molecule has 128 valence electrons. The fourth-order valence-corrected chi connectivity index (χ4v) is 2.33. The molecule has 0 saturated carbocycles. The number of methoxy groups -OCH3 is 4. The summed E-state index contributed by atoms with van der Waals surface area (Å²) in [4.78, 5) is 23.5. The summed E-state index contributed by atoms with van der Waals surface area (Å²) in [6.07, 6.45) is 2.75. The Morgan fingerprint density at radius 3 is 2.46 bits per heavy atom. The van der Waals surface area contributed by atoms with Gasteiger partial charge in [-0.2, -0.15) is 0 Å². The predicted molar refractivity (Wildman–Crippen MR) is 85.9 cm³/mol. The Bertz CT molecular complexity index is 786. The van der Waals surface area contributed by atoms with Gasteiger partial charge in [-0.1, -0.05) is 0 Å². The van der Waals surface area contributed by atoms with Crippen LogP contribution in [-0.2, 0) is 25.6 Å². The molecule has 0 N–H and O–H groups in total. The van der Waals surface area contributed by atoms with Crippen LogP contribution in [0.25, 0.3) is 17.0 Å². The number of furan rings is 1. The maximum absolute atomic E-state index is 12.1. The maximum atomic E-state index is 12.1. The van der Waals surface area contributed by atoms with Gasteiger partial charge < -0.3 is 23.4 Å². The molecule has 1 aromatic carbocycles. The average Bonchev–Trinajstić information content (AvgIpc) is 2.97. The molecular formula is C17H18O7. The van der Waals surface area contributed by atoms with Gasteiger partial charge in [0.25, 0.3) is 0 Å². The molecule has 24 heavy (non-hydrogen) atoms. The molecule has 0 unspecified atom stereocenters. The third-order valence-corrected chi connectivity index (χ3v) is 3.40. The van der Waals surface area contributed by atoms with E-state index in [1.807, 2.05) is 0 Å². The van der Waals surface area contributed by atoms with Gasteiger partial charge in [0.2, 0.25) is 0 Å². The molecule has 7 nitrogen and oxygen atoms in total. The van der Waals surface area contributed by atoms with Crippen molar-refractivity contribution in [1.82, 2.24) is 0 Å². The fraction of sp³-hybridized carbons (Fsp3) is 0.294. The molecule has 1 aromatic heterocycles. The third kappa shape index (κ3) is 3.26. The Kier molecular flexibility index (Phi) is 5.59. The highest BCUT2D eigenvalue weighted by Crippen LogP contribution is 2.35. The number of ether oxygens (including phenoxy) is 4. The Hall–Kier alpha value is -2.80. The van der Waals surface area contributed by atoms with Crippen LogP contribution in [0.1, 0.15) is 21.7 Å². The Balaban J connectivity index is 2.73. The average molecular weight is 334 g/mol. The molecule has 0 aliphatic carbocycles. The number of carbonyl (C=O) groups excluding carboxylic acids is 2. The van der Waals surface area contributed by atoms with Gasteiger partial charge in [0, 0.05) is 18.6 Å². The third-order valence-electron chi connectivity index (χ3n) is 3.40.